The van der Waals surface area contributed by atoms with Gasteiger partial charge in [0.15, 0.2) is 0 Å². The number of benzene rings is 1. The monoisotopic (exact) mass is 357 g/mol. The van der Waals surface area contributed by atoms with E-state index < -0.39 is 5.97 Å². The molecule has 1 N–H and O–H groups in total. The third kappa shape index (κ3) is 3.52. The summed E-state index contributed by atoms with van der Waals surface area (Å²) in [5.41, 5.74) is 5.52. The number of esters is 1. The van der Waals surface area contributed by atoms with E-state index >= 15 is 0 Å². The number of carbonyl (C=O) groups is 1. The predicted molar refractivity (Wildman–Crippen MR) is 99.2 cm³/mol. The van der Waals surface area contributed by atoms with Crippen molar-refractivity contribution in [1.29, 1.82) is 0 Å². The Kier molecular flexibility index (Phi) is 5.02. The molecule has 2 aromatic heterocycles. The Morgan fingerprint density at radius 1 is 1.29 bits per heavy atom. The van der Waals surface area contributed by atoms with Crippen LogP contribution in [0.1, 0.15) is 20.1 Å². The molecule has 0 fully saturated rings. The zero-order valence-corrected chi connectivity index (χ0v) is 14.8. The van der Waals surface area contributed by atoms with Crippen molar-refractivity contribution in [3.05, 3.63) is 57.1 Å². The van der Waals surface area contributed by atoms with Crippen LogP contribution in [0.2, 0.25) is 0 Å². The summed E-state index contributed by atoms with van der Waals surface area (Å²) in [7, 11) is 1.36. The Bertz CT molecular complexity index is 869. The van der Waals surface area contributed by atoms with E-state index in [1.165, 1.54) is 24.0 Å². The summed E-state index contributed by atoms with van der Waals surface area (Å²) in [5.74, 6) is -0.405. The molecule has 0 spiro atoms. The van der Waals surface area contributed by atoms with E-state index in [9.17, 15) is 4.79 Å². The first-order chi connectivity index (χ1) is 11.7. The number of anilines is 1. The fourth-order valence-corrected chi connectivity index (χ4v) is 3.70. The van der Waals surface area contributed by atoms with Gasteiger partial charge >= 0.3 is 5.97 Å². The van der Waals surface area contributed by atoms with Crippen LogP contribution < -0.4 is 5.43 Å². The molecule has 0 aliphatic rings. The Morgan fingerprint density at radius 2 is 2.08 bits per heavy atom. The highest BCUT2D eigenvalue weighted by Crippen LogP contribution is 2.31. The first-order valence-corrected chi connectivity index (χ1v) is 8.86. The van der Waals surface area contributed by atoms with Gasteiger partial charge in [0, 0.05) is 10.4 Å². The minimum atomic E-state index is -0.405. The van der Waals surface area contributed by atoms with E-state index in [1.54, 1.807) is 17.6 Å². The number of rotatable bonds is 5. The third-order valence-electron chi connectivity index (χ3n) is 3.29. The number of methoxy groups -OCH3 is 1. The van der Waals surface area contributed by atoms with Gasteiger partial charge in [-0.15, -0.1) is 11.3 Å². The topological polar surface area (TPSA) is 63.6 Å². The lowest BCUT2D eigenvalue weighted by molar-refractivity contribution is 0.0607. The van der Waals surface area contributed by atoms with Crippen molar-refractivity contribution in [1.82, 2.24) is 4.98 Å². The van der Waals surface area contributed by atoms with Gasteiger partial charge in [0.05, 0.1) is 19.0 Å². The summed E-state index contributed by atoms with van der Waals surface area (Å²) in [6, 6.07) is 11.6. The molecule has 2 heterocycles. The predicted octanol–water partition coefficient (Wildman–Crippen LogP) is 4.41. The highest BCUT2D eigenvalue weighted by molar-refractivity contribution is 7.17. The fourth-order valence-electron chi connectivity index (χ4n) is 2.05. The van der Waals surface area contributed by atoms with Crippen LogP contribution in [0, 0.1) is 6.92 Å². The van der Waals surface area contributed by atoms with Crippen LogP contribution >= 0.6 is 22.7 Å². The normalized spacial score (nSPS) is 10.9. The number of carbonyl (C=O) groups excluding carboxylic acids is 1. The molecule has 122 valence electrons. The summed E-state index contributed by atoms with van der Waals surface area (Å²) in [6.45, 7) is 2.03. The van der Waals surface area contributed by atoms with Gasteiger partial charge in [-0.25, -0.2) is 9.78 Å². The van der Waals surface area contributed by atoms with Crippen molar-refractivity contribution in [2.45, 2.75) is 6.92 Å². The molecule has 7 heteroatoms. The standard InChI is InChI=1S/C17H15N3O2S2/c1-11-8-9-23-13(11)10-18-20-17-19-14(12-6-4-3-5-7-12)15(24-17)16(21)22-2/h3-10H,1-2H3,(H,19,20)/b18-10-. The highest BCUT2D eigenvalue weighted by atomic mass is 32.1. The molecule has 0 atom stereocenters. The van der Waals surface area contributed by atoms with E-state index in [-0.39, 0.29) is 0 Å². The van der Waals surface area contributed by atoms with Gasteiger partial charge in [0.2, 0.25) is 5.13 Å². The molecule has 0 amide bonds. The number of thiazole rings is 1. The van der Waals surface area contributed by atoms with E-state index in [0.717, 1.165) is 10.4 Å². The molecule has 5 nitrogen and oxygen atoms in total. The van der Waals surface area contributed by atoms with Crippen LogP contribution in [0.3, 0.4) is 0 Å². The van der Waals surface area contributed by atoms with Crippen LogP contribution in [-0.2, 0) is 4.74 Å². The molecule has 0 saturated carbocycles. The second kappa shape index (κ2) is 7.37. The number of hydrogen-bond acceptors (Lipinski definition) is 7. The van der Waals surface area contributed by atoms with Gasteiger partial charge in [-0.2, -0.15) is 5.10 Å². The van der Waals surface area contributed by atoms with Crippen LogP contribution in [0.5, 0.6) is 0 Å². The number of hydrazone groups is 1. The van der Waals surface area contributed by atoms with E-state index in [4.69, 9.17) is 4.74 Å². The Labute approximate surface area is 147 Å². The first-order valence-electron chi connectivity index (χ1n) is 7.16. The number of aromatic nitrogens is 1. The molecule has 1 aromatic carbocycles. The number of nitrogens with one attached hydrogen (secondary N) is 1. The molecule has 24 heavy (non-hydrogen) atoms. The SMILES string of the molecule is COC(=O)c1sc(N/N=C\c2sccc2C)nc1-c1ccccc1. The summed E-state index contributed by atoms with van der Waals surface area (Å²) in [4.78, 5) is 18.0. The number of ether oxygens (including phenoxy) is 1. The van der Waals surface area contributed by atoms with E-state index in [2.05, 4.69) is 15.5 Å². The number of nitrogens with zero attached hydrogens (tertiary/aromatic N) is 2. The zero-order valence-electron chi connectivity index (χ0n) is 13.1. The first kappa shape index (κ1) is 16.4. The van der Waals surface area contributed by atoms with Crippen molar-refractivity contribution >= 4 is 40.0 Å². The molecule has 0 bridgehead atoms. The van der Waals surface area contributed by atoms with Crippen molar-refractivity contribution < 1.29 is 9.53 Å². The quantitative estimate of drug-likeness (QED) is 0.417. The molecule has 0 saturated heterocycles. The van der Waals surface area contributed by atoms with Crippen molar-refractivity contribution in [3.63, 3.8) is 0 Å². The summed E-state index contributed by atoms with van der Waals surface area (Å²) >= 11 is 2.84. The molecular weight excluding hydrogens is 342 g/mol. The third-order valence-corrected chi connectivity index (χ3v) is 5.18. The molecular formula is C17H15N3O2S2. The average molecular weight is 357 g/mol. The van der Waals surface area contributed by atoms with Crippen LogP contribution in [-0.4, -0.2) is 24.3 Å². The van der Waals surface area contributed by atoms with Gasteiger partial charge in [-0.1, -0.05) is 41.7 Å². The molecule has 0 aliphatic heterocycles. The maximum absolute atomic E-state index is 12.0. The van der Waals surface area contributed by atoms with E-state index in [1.807, 2.05) is 48.7 Å². The minimum absolute atomic E-state index is 0.405. The van der Waals surface area contributed by atoms with E-state index in [0.29, 0.717) is 15.7 Å². The second-order valence-corrected chi connectivity index (χ2v) is 6.84. The molecule has 3 rings (SSSR count). The molecule has 0 unspecified atom stereocenters. The van der Waals surface area contributed by atoms with Gasteiger partial charge in [-0.3, -0.25) is 5.43 Å². The van der Waals surface area contributed by atoms with Crippen molar-refractivity contribution in [2.24, 2.45) is 5.10 Å². The molecule has 0 aliphatic carbocycles. The highest BCUT2D eigenvalue weighted by Gasteiger charge is 2.19. The second-order valence-electron chi connectivity index (χ2n) is 4.89. The van der Waals surface area contributed by atoms with Gasteiger partial charge in [-0.05, 0) is 23.9 Å². The maximum Gasteiger partial charge on any atom is 0.350 e. The van der Waals surface area contributed by atoms with Gasteiger partial charge in [0.1, 0.15) is 4.88 Å². The fraction of sp³-hybridized carbons (Fsp3) is 0.118. The Morgan fingerprint density at radius 3 is 2.75 bits per heavy atom. The Balaban J connectivity index is 1.87. The average Bonchev–Trinajstić information content (AvgIpc) is 3.22. The van der Waals surface area contributed by atoms with Gasteiger partial charge in [0.25, 0.3) is 0 Å². The summed E-state index contributed by atoms with van der Waals surface area (Å²) in [6.07, 6.45) is 1.75. The van der Waals surface area contributed by atoms with Crippen LogP contribution in [0.25, 0.3) is 11.3 Å². The number of thiophene rings is 1. The van der Waals surface area contributed by atoms with Crippen LogP contribution in [0.4, 0.5) is 5.13 Å². The number of aryl methyl sites for hydroxylation is 1. The van der Waals surface area contributed by atoms with Gasteiger partial charge < -0.3 is 4.74 Å². The smallest absolute Gasteiger partial charge is 0.350 e. The summed E-state index contributed by atoms with van der Waals surface area (Å²) in [5, 5.41) is 6.77. The zero-order chi connectivity index (χ0) is 16.9. The lowest BCUT2D eigenvalue weighted by atomic mass is 10.1. The molecule has 3 aromatic rings. The number of hydrogen-bond donors (Lipinski definition) is 1. The summed E-state index contributed by atoms with van der Waals surface area (Å²) < 4.78 is 4.86. The van der Waals surface area contributed by atoms with Crippen LogP contribution in [0.15, 0.2) is 46.9 Å². The lowest BCUT2D eigenvalue weighted by Crippen LogP contribution is -2.00. The van der Waals surface area contributed by atoms with Crippen molar-refractivity contribution in [2.75, 3.05) is 12.5 Å². The lowest BCUT2D eigenvalue weighted by Gasteiger charge is -1.99. The Hall–Kier alpha value is -2.51. The maximum atomic E-state index is 12.0. The molecule has 0 radical (unpaired) electrons. The minimum Gasteiger partial charge on any atom is -0.465 e. The largest absolute Gasteiger partial charge is 0.465 e. The van der Waals surface area contributed by atoms with Crippen molar-refractivity contribution in [3.8, 4) is 11.3 Å².